The van der Waals surface area contributed by atoms with E-state index in [2.05, 4.69) is 17.4 Å². The van der Waals surface area contributed by atoms with Crippen LogP contribution in [0.3, 0.4) is 0 Å². The van der Waals surface area contributed by atoms with Gasteiger partial charge >= 0.3 is 0 Å². The zero-order valence-electron chi connectivity index (χ0n) is 11.9. The van der Waals surface area contributed by atoms with Gasteiger partial charge in [-0.1, -0.05) is 35.9 Å². The van der Waals surface area contributed by atoms with E-state index in [0.717, 1.165) is 28.5 Å². The fraction of sp³-hybridized carbons (Fsp3) is 0.294. The Morgan fingerprint density at radius 1 is 1.14 bits per heavy atom. The Bertz CT molecular complexity index is 630. The number of para-hydroxylation sites is 1. The number of hydrogen-bond acceptors (Lipinski definition) is 3. The molecule has 0 fully saturated rings. The summed E-state index contributed by atoms with van der Waals surface area (Å²) >= 11 is 6.07. The van der Waals surface area contributed by atoms with Crippen molar-refractivity contribution in [2.75, 3.05) is 20.3 Å². The van der Waals surface area contributed by atoms with E-state index in [1.807, 2.05) is 37.4 Å². The summed E-state index contributed by atoms with van der Waals surface area (Å²) in [6, 6.07) is 14.1. The lowest BCUT2D eigenvalue weighted by Gasteiger charge is -2.25. The highest BCUT2D eigenvalue weighted by molar-refractivity contribution is 6.30. The molecule has 0 aliphatic carbocycles. The summed E-state index contributed by atoms with van der Waals surface area (Å²) in [5.41, 5.74) is 2.31. The summed E-state index contributed by atoms with van der Waals surface area (Å²) in [6.45, 7) is 1.20. The number of hydrogen-bond donors (Lipinski definition) is 1. The molecule has 1 heterocycles. The molecule has 3 nitrogen and oxygen atoms in total. The van der Waals surface area contributed by atoms with E-state index < -0.39 is 0 Å². The Labute approximate surface area is 129 Å². The molecule has 0 amide bonds. The lowest BCUT2D eigenvalue weighted by Crippen LogP contribution is -2.23. The van der Waals surface area contributed by atoms with Crippen molar-refractivity contribution in [1.82, 2.24) is 5.32 Å². The Hall–Kier alpha value is -1.71. The number of fused-ring (bicyclic) bond motifs is 1. The Morgan fingerprint density at radius 2 is 1.95 bits per heavy atom. The lowest BCUT2D eigenvalue weighted by molar-refractivity contribution is 0.168. The largest absolute Gasteiger partial charge is 0.486 e. The van der Waals surface area contributed by atoms with Gasteiger partial charge in [-0.25, -0.2) is 0 Å². The van der Waals surface area contributed by atoms with Gasteiger partial charge in [0.15, 0.2) is 11.5 Å². The molecule has 0 saturated carbocycles. The van der Waals surface area contributed by atoms with Crippen LogP contribution in [0.1, 0.15) is 17.2 Å². The number of nitrogens with one attached hydrogen (secondary N) is 1. The first kappa shape index (κ1) is 14.2. The van der Waals surface area contributed by atoms with Gasteiger partial charge in [-0.2, -0.15) is 0 Å². The quantitative estimate of drug-likeness (QED) is 0.936. The van der Waals surface area contributed by atoms with Gasteiger partial charge in [0.05, 0.1) is 0 Å². The predicted octanol–water partition coefficient (Wildman–Crippen LogP) is 3.61. The van der Waals surface area contributed by atoms with Gasteiger partial charge in [-0.3, -0.25) is 0 Å². The first-order chi connectivity index (χ1) is 10.3. The molecule has 0 spiro atoms. The van der Waals surface area contributed by atoms with Gasteiger partial charge in [-0.15, -0.1) is 0 Å². The molecule has 1 aliphatic rings. The van der Waals surface area contributed by atoms with Crippen LogP contribution in [0.4, 0.5) is 0 Å². The zero-order valence-corrected chi connectivity index (χ0v) is 12.7. The highest BCUT2D eigenvalue weighted by Gasteiger charge is 2.21. The maximum Gasteiger partial charge on any atom is 0.166 e. The molecule has 0 aromatic heterocycles. The van der Waals surface area contributed by atoms with Gasteiger partial charge < -0.3 is 14.8 Å². The molecule has 0 saturated heterocycles. The van der Waals surface area contributed by atoms with Gasteiger partial charge in [0.2, 0.25) is 0 Å². The van der Waals surface area contributed by atoms with Gasteiger partial charge in [-0.05, 0) is 37.2 Å². The molecule has 1 N–H and O–H groups in total. The van der Waals surface area contributed by atoms with Crippen molar-refractivity contribution < 1.29 is 9.47 Å². The Kier molecular flexibility index (Phi) is 4.32. The maximum absolute atomic E-state index is 6.07. The van der Waals surface area contributed by atoms with Crippen molar-refractivity contribution in [2.24, 2.45) is 0 Å². The molecule has 0 radical (unpaired) electrons. The minimum absolute atomic E-state index is 0.153. The van der Waals surface area contributed by atoms with E-state index in [-0.39, 0.29) is 6.04 Å². The Morgan fingerprint density at radius 3 is 2.76 bits per heavy atom. The second-order valence-electron chi connectivity index (χ2n) is 5.05. The van der Waals surface area contributed by atoms with Crippen molar-refractivity contribution in [3.63, 3.8) is 0 Å². The number of ether oxygens (including phenoxy) is 2. The fourth-order valence-corrected chi connectivity index (χ4v) is 2.85. The number of benzene rings is 2. The first-order valence-electron chi connectivity index (χ1n) is 7.08. The standard InChI is InChI=1S/C17H18ClNO2/c1-19-15(11-12-4-2-5-13(18)10-12)14-6-3-7-16-17(14)21-9-8-20-16/h2-7,10,15,19H,8-9,11H2,1H3. The van der Waals surface area contributed by atoms with Crippen LogP contribution in [0.2, 0.25) is 5.02 Å². The van der Waals surface area contributed by atoms with Crippen LogP contribution in [0.5, 0.6) is 11.5 Å². The van der Waals surface area contributed by atoms with Crippen molar-refractivity contribution >= 4 is 11.6 Å². The second-order valence-corrected chi connectivity index (χ2v) is 5.48. The van der Waals surface area contributed by atoms with Crippen molar-refractivity contribution in [3.05, 3.63) is 58.6 Å². The van der Waals surface area contributed by atoms with E-state index in [1.54, 1.807) is 0 Å². The molecule has 0 bridgehead atoms. The van der Waals surface area contributed by atoms with E-state index in [4.69, 9.17) is 21.1 Å². The minimum Gasteiger partial charge on any atom is -0.486 e. The molecular weight excluding hydrogens is 286 g/mol. The van der Waals surface area contributed by atoms with Gasteiger partial charge in [0.1, 0.15) is 13.2 Å². The van der Waals surface area contributed by atoms with Crippen molar-refractivity contribution in [3.8, 4) is 11.5 Å². The average molecular weight is 304 g/mol. The molecule has 1 atom stereocenters. The number of likely N-dealkylation sites (N-methyl/N-ethyl adjacent to an activating group) is 1. The highest BCUT2D eigenvalue weighted by Crippen LogP contribution is 2.37. The molecule has 110 valence electrons. The Balaban J connectivity index is 1.90. The maximum atomic E-state index is 6.07. The number of rotatable bonds is 4. The van der Waals surface area contributed by atoms with E-state index in [0.29, 0.717) is 13.2 Å². The predicted molar refractivity (Wildman–Crippen MR) is 84.4 cm³/mol. The topological polar surface area (TPSA) is 30.5 Å². The van der Waals surface area contributed by atoms with Crippen LogP contribution in [0.15, 0.2) is 42.5 Å². The van der Waals surface area contributed by atoms with Crippen LogP contribution < -0.4 is 14.8 Å². The molecular formula is C17H18ClNO2. The molecule has 3 rings (SSSR count). The smallest absolute Gasteiger partial charge is 0.166 e. The lowest BCUT2D eigenvalue weighted by atomic mass is 9.97. The monoisotopic (exact) mass is 303 g/mol. The van der Waals surface area contributed by atoms with Crippen LogP contribution >= 0.6 is 11.6 Å². The summed E-state index contributed by atoms with van der Waals surface area (Å²) in [4.78, 5) is 0. The van der Waals surface area contributed by atoms with Crippen molar-refractivity contribution in [2.45, 2.75) is 12.5 Å². The van der Waals surface area contributed by atoms with E-state index >= 15 is 0 Å². The van der Waals surface area contributed by atoms with Crippen LogP contribution in [0.25, 0.3) is 0 Å². The normalized spacial score (nSPS) is 14.8. The van der Waals surface area contributed by atoms with Gasteiger partial charge in [0.25, 0.3) is 0 Å². The van der Waals surface area contributed by atoms with Crippen LogP contribution in [-0.4, -0.2) is 20.3 Å². The molecule has 2 aromatic carbocycles. The summed E-state index contributed by atoms with van der Waals surface area (Å²) in [7, 11) is 1.96. The SMILES string of the molecule is CNC(Cc1cccc(Cl)c1)c1cccc2c1OCCO2. The molecule has 1 aliphatic heterocycles. The van der Waals surface area contributed by atoms with E-state index in [1.165, 1.54) is 5.56 Å². The summed E-state index contributed by atoms with van der Waals surface area (Å²) in [5, 5.41) is 4.12. The minimum atomic E-state index is 0.153. The van der Waals surface area contributed by atoms with Crippen molar-refractivity contribution in [1.29, 1.82) is 0 Å². The van der Waals surface area contributed by atoms with Crippen LogP contribution in [-0.2, 0) is 6.42 Å². The fourth-order valence-electron chi connectivity index (χ4n) is 2.64. The molecule has 1 unspecified atom stereocenters. The highest BCUT2D eigenvalue weighted by atomic mass is 35.5. The third-order valence-electron chi connectivity index (χ3n) is 3.65. The zero-order chi connectivity index (χ0) is 14.7. The third kappa shape index (κ3) is 3.14. The molecule has 4 heteroatoms. The molecule has 2 aromatic rings. The second kappa shape index (κ2) is 6.37. The van der Waals surface area contributed by atoms with Gasteiger partial charge in [0, 0.05) is 16.6 Å². The summed E-state index contributed by atoms with van der Waals surface area (Å²) in [5.74, 6) is 1.68. The summed E-state index contributed by atoms with van der Waals surface area (Å²) < 4.78 is 11.5. The third-order valence-corrected chi connectivity index (χ3v) is 3.88. The first-order valence-corrected chi connectivity index (χ1v) is 7.46. The number of halogens is 1. The van der Waals surface area contributed by atoms with Crippen LogP contribution in [0, 0.1) is 0 Å². The molecule has 21 heavy (non-hydrogen) atoms. The summed E-state index contributed by atoms with van der Waals surface area (Å²) in [6.07, 6.45) is 0.844. The van der Waals surface area contributed by atoms with E-state index in [9.17, 15) is 0 Å². The average Bonchev–Trinajstić information content (AvgIpc) is 2.52.